The summed E-state index contributed by atoms with van der Waals surface area (Å²) in [5.41, 5.74) is -9.01. The molecule has 0 radical (unpaired) electrons. The van der Waals surface area contributed by atoms with Crippen molar-refractivity contribution in [3.05, 3.63) is 84.7 Å². The van der Waals surface area contributed by atoms with Crippen LogP contribution in [-0.4, -0.2) is 167 Å². The van der Waals surface area contributed by atoms with E-state index in [-0.39, 0.29) is 124 Å². The third-order valence-electron chi connectivity index (χ3n) is 25.1. The number of aromatic nitrogens is 2. The second kappa shape index (κ2) is 35.3. The highest BCUT2D eigenvalue weighted by atomic mass is 32.2. The standard InChI is InChI=1S/2C43H55F4N3O9S/c2*1-7-26-17-25(3)11-9-10-12-28-22-42(28,39(54)49-60(55,56)41(6)14-15-41)23-34(51)33-19-29(58-37-30-20-32(44)35(57-8-2)18-27(30)13-16-48-37)24-50(33)38(53)31(26)21-36(52)59-40(4,5)43(45,46)47/h2*10,12-13,16,18,20,25-26,28-29,31,33H,7-9,11,14-15,17,19,21-24H2,1-6H3,(H,49,54)/b2*12-10-/t25-,26+,28+,29+,31-,33-,42+;25-,26-,28-,29-,31+,33+,42-/m01/s1/i2*6D3. The van der Waals surface area contributed by atoms with E-state index in [9.17, 15) is 71.9 Å². The number of Topliss-reactive ketones (excluding diaryl/α,β-unsaturated/α-hetero) is 2. The van der Waals surface area contributed by atoms with Gasteiger partial charge >= 0.3 is 24.3 Å². The molecule has 4 aliphatic carbocycles. The number of rotatable bonds is 22. The Morgan fingerprint density at radius 3 is 1.26 bits per heavy atom. The second-order valence-electron chi connectivity index (χ2n) is 34.8. The lowest BCUT2D eigenvalue weighted by Crippen LogP contribution is -2.49. The van der Waals surface area contributed by atoms with Crippen LogP contribution >= 0.6 is 0 Å². The van der Waals surface area contributed by atoms with E-state index >= 15 is 18.4 Å². The maximum Gasteiger partial charge on any atom is 0.427 e. The second-order valence-corrected chi connectivity index (χ2v) is 38.7. The van der Waals surface area contributed by atoms with Crippen LogP contribution in [0.3, 0.4) is 0 Å². The summed E-state index contributed by atoms with van der Waals surface area (Å²) >= 11 is 0. The van der Waals surface area contributed by atoms with E-state index in [0.29, 0.717) is 89.8 Å². The number of nitrogens with one attached hydrogen (secondary N) is 2. The fourth-order valence-corrected chi connectivity index (χ4v) is 19.5. The van der Waals surface area contributed by atoms with Crippen molar-refractivity contribution < 1.29 is 127 Å². The highest BCUT2D eigenvalue weighted by Gasteiger charge is 2.65. The van der Waals surface area contributed by atoms with E-state index in [1.807, 2.05) is 35.4 Å². The number of hydrogen-bond donors (Lipinski definition) is 2. The van der Waals surface area contributed by atoms with Gasteiger partial charge in [0, 0.05) is 57.1 Å². The van der Waals surface area contributed by atoms with E-state index in [2.05, 4.69) is 9.97 Å². The maximum absolute atomic E-state index is 15.1. The molecule has 34 heteroatoms. The Bertz CT molecular complexity index is 4820. The maximum atomic E-state index is 15.1. The number of ketones is 2. The Labute approximate surface area is 703 Å². The smallest absolute Gasteiger partial charge is 0.427 e. The first-order chi connectivity index (χ1) is 58.6. The van der Waals surface area contributed by atoms with Crippen LogP contribution in [0.2, 0.25) is 0 Å². The van der Waals surface area contributed by atoms with Gasteiger partial charge in [0.1, 0.15) is 12.2 Å². The number of carbonyl (C=O) groups is 8. The van der Waals surface area contributed by atoms with E-state index in [0.717, 1.165) is 0 Å². The summed E-state index contributed by atoms with van der Waals surface area (Å²) in [6, 6.07) is 5.84. The van der Waals surface area contributed by atoms with Crippen LogP contribution in [0.15, 0.2) is 73.1 Å². The van der Waals surface area contributed by atoms with E-state index in [1.54, 1.807) is 52.0 Å². The first-order valence-corrected chi connectivity index (χ1v) is 44.0. The molecule has 8 aliphatic rings. The predicted molar refractivity (Wildman–Crippen MR) is 425 cm³/mol. The lowest BCUT2D eigenvalue weighted by atomic mass is 9.79. The summed E-state index contributed by atoms with van der Waals surface area (Å²) < 4.78 is 248. The molecule has 4 aliphatic heterocycles. The average molecular weight is 1740 g/mol. The Morgan fingerprint density at radius 2 is 0.933 bits per heavy atom. The molecule has 2 saturated heterocycles. The van der Waals surface area contributed by atoms with Crippen LogP contribution in [0.25, 0.3) is 21.5 Å². The van der Waals surface area contributed by atoms with Crippen LogP contribution in [-0.2, 0) is 67.9 Å². The molecule has 0 unspecified atom stereocenters. The van der Waals surface area contributed by atoms with Crippen LogP contribution in [0.1, 0.15) is 220 Å². The van der Waals surface area contributed by atoms with Gasteiger partial charge in [-0.05, 0) is 215 Å². The van der Waals surface area contributed by atoms with Gasteiger partial charge in [0.15, 0.2) is 34.7 Å². The minimum atomic E-state index is -4.92. The molecule has 14 atom stereocenters. The molecule has 24 nitrogen and oxygen atoms in total. The third-order valence-corrected chi connectivity index (χ3v) is 28.9. The summed E-state index contributed by atoms with van der Waals surface area (Å²) in [5.74, 6) is -13.8. The number of allylic oxidation sites excluding steroid dienone is 4. The van der Waals surface area contributed by atoms with Gasteiger partial charge in [-0.2, -0.15) is 26.3 Å². The Hall–Kier alpha value is -8.56. The summed E-state index contributed by atoms with van der Waals surface area (Å²) in [7, 11) is -9.48. The number of nitrogens with zero attached hydrogens (tertiary/aromatic N) is 4. The Kier molecular flexibility index (Phi) is 24.7. The van der Waals surface area contributed by atoms with Crippen LogP contribution in [0.5, 0.6) is 23.3 Å². The molecule has 12 rings (SSSR count). The summed E-state index contributed by atoms with van der Waals surface area (Å²) in [4.78, 5) is 126. The summed E-state index contributed by atoms with van der Waals surface area (Å²) in [5, 5.41) is 1.52. The highest BCUT2D eigenvalue weighted by Crippen LogP contribution is 2.60. The number of halogens is 8. The fourth-order valence-electron chi connectivity index (χ4n) is 17.0. The quantitative estimate of drug-likeness (QED) is 0.0419. The Morgan fingerprint density at radius 1 is 0.567 bits per heavy atom. The number of pyridine rings is 2. The van der Waals surface area contributed by atoms with Crippen molar-refractivity contribution in [1.29, 1.82) is 0 Å². The summed E-state index contributed by atoms with van der Waals surface area (Å²) in [6.07, 6.45) is -1.91. The van der Waals surface area contributed by atoms with Crippen LogP contribution in [0.4, 0.5) is 35.1 Å². The molecule has 0 spiro atoms. The monoisotopic (exact) mass is 1740 g/mol. The lowest BCUT2D eigenvalue weighted by Gasteiger charge is -2.34. The summed E-state index contributed by atoms with van der Waals surface area (Å²) in [6.45, 7) is 7.65. The lowest BCUT2D eigenvalue weighted by molar-refractivity contribution is -0.257. The number of ether oxygens (including phenoxy) is 6. The van der Waals surface area contributed by atoms with E-state index in [1.165, 1.54) is 46.5 Å². The molecular formula is C86H110F8N6O18S2. The number of carbonyl (C=O) groups excluding carboxylic acids is 8. The molecule has 6 heterocycles. The molecule has 6 fully saturated rings. The molecule has 4 saturated carbocycles. The molecule has 0 bridgehead atoms. The highest BCUT2D eigenvalue weighted by molar-refractivity contribution is 7.92. The molecule has 2 aromatic heterocycles. The number of hydrogen-bond acceptors (Lipinski definition) is 20. The first kappa shape index (κ1) is 83.7. The third kappa shape index (κ3) is 20.0. The van der Waals surface area contributed by atoms with Crippen molar-refractivity contribution in [3.63, 3.8) is 0 Å². The zero-order chi connectivity index (χ0) is 93.0. The number of amides is 4. The number of benzene rings is 2. The normalized spacial score (nSPS) is 30.0. The van der Waals surface area contributed by atoms with Crippen molar-refractivity contribution in [2.45, 2.75) is 269 Å². The van der Waals surface area contributed by atoms with E-state index in [4.69, 9.17) is 36.6 Å². The van der Waals surface area contributed by atoms with Gasteiger partial charge in [-0.1, -0.05) is 64.8 Å². The van der Waals surface area contributed by atoms with Crippen molar-refractivity contribution >= 4 is 88.7 Å². The topological polar surface area (TPSA) is 317 Å². The molecule has 120 heavy (non-hydrogen) atoms. The molecule has 660 valence electrons. The first-order valence-electron chi connectivity index (χ1n) is 44.0. The Balaban J connectivity index is 0.000000245. The van der Waals surface area contributed by atoms with Crippen molar-refractivity contribution in [3.8, 4) is 23.3 Å². The molecule has 2 aromatic carbocycles. The van der Waals surface area contributed by atoms with Gasteiger partial charge in [-0.15, -0.1) is 0 Å². The minimum absolute atomic E-state index is 0.00204. The molecular weight excluding hydrogens is 1620 g/mol. The van der Waals surface area contributed by atoms with Gasteiger partial charge in [-0.25, -0.2) is 35.6 Å². The number of alkyl halides is 6. The van der Waals surface area contributed by atoms with Crippen molar-refractivity contribution in [2.24, 2.45) is 58.2 Å². The van der Waals surface area contributed by atoms with Gasteiger partial charge in [0.25, 0.3) is 0 Å². The van der Waals surface area contributed by atoms with Gasteiger partial charge in [-0.3, -0.25) is 47.8 Å². The molecule has 2 N–H and O–H groups in total. The van der Waals surface area contributed by atoms with Crippen LogP contribution < -0.4 is 28.4 Å². The zero-order valence-electron chi connectivity index (χ0n) is 74.8. The van der Waals surface area contributed by atoms with Crippen LogP contribution in [0, 0.1) is 69.8 Å². The number of esters is 2. The number of sulfonamides is 2. The SMILES string of the molecule is [2H]C([2H])([2H])C1(S(=O)(=O)NC(=O)[C@]23CC(=O)[C@@H]4C[C@@H](Oc5nccc6cc(OCC)c(F)cc56)CN4C(=O)[C@@H](CC(=O)OC(C)(C)C(F)(F)F)[C@H](CC)C[C@@H](C)CC/C=C\[C@@H]2C3)CC1.[2H]C([2H])([2H])C1(S(=O)(=O)NC(=O)[C@]23CC(=O)[C@@H]4C[C@@H](Oc5nccc6cc(OCC)c(F)cc56)CN4C(=O)[C@@H](CC(=O)OC(C)(C)C(F)(F)F)[C@H](CC)C[C@H](C)CC/C=C\[C@@H]2C3)CC1. The zero-order valence-corrected chi connectivity index (χ0v) is 70.4. The van der Waals surface area contributed by atoms with Gasteiger partial charge < -0.3 is 38.2 Å². The van der Waals surface area contributed by atoms with E-state index < -0.39 is 222 Å². The molecule has 4 aromatic rings. The van der Waals surface area contributed by atoms with Gasteiger partial charge in [0.2, 0.25) is 66.6 Å². The van der Waals surface area contributed by atoms with Crippen molar-refractivity contribution in [1.82, 2.24) is 29.2 Å². The number of fused-ring (bicyclic) bond motifs is 6. The predicted octanol–water partition coefficient (Wildman–Crippen LogP) is 14.8. The fraction of sp³-hybridized carbons (Fsp3) is 0.651. The minimum Gasteiger partial charge on any atom is -0.491 e. The van der Waals surface area contributed by atoms with Crippen molar-refractivity contribution in [2.75, 3.05) is 26.3 Å². The van der Waals surface area contributed by atoms with Gasteiger partial charge in [0.05, 0.1) is 83.4 Å². The largest absolute Gasteiger partial charge is 0.491 e. The molecule has 4 amide bonds. The average Bonchev–Trinajstić information content (AvgIpc) is 1.55.